The van der Waals surface area contributed by atoms with E-state index >= 15 is 0 Å². The monoisotopic (exact) mass is 175 g/mol. The molecule has 2 nitrogen and oxygen atoms in total. The molecule has 1 aromatic rings. The van der Waals surface area contributed by atoms with Crippen molar-refractivity contribution in [2.75, 3.05) is 5.32 Å². The van der Waals surface area contributed by atoms with Gasteiger partial charge in [-0.3, -0.25) is 4.79 Å². The van der Waals surface area contributed by atoms with Crippen molar-refractivity contribution in [3.63, 3.8) is 0 Å². The van der Waals surface area contributed by atoms with Crippen LogP contribution in [0.25, 0.3) is 0 Å². The molecule has 0 saturated heterocycles. The van der Waals surface area contributed by atoms with Gasteiger partial charge in [0.25, 0.3) is 0 Å². The van der Waals surface area contributed by atoms with Crippen molar-refractivity contribution in [3.8, 4) is 0 Å². The predicted molar refractivity (Wildman–Crippen MR) is 53.1 cm³/mol. The van der Waals surface area contributed by atoms with Gasteiger partial charge in [0, 0.05) is 17.3 Å². The number of rotatable bonds is 3. The number of benzene rings is 1. The molecule has 0 aromatic heterocycles. The number of nitrogens with one attached hydrogen (secondary N) is 1. The lowest BCUT2D eigenvalue weighted by atomic mass is 9.93. The van der Waals surface area contributed by atoms with Gasteiger partial charge in [0.05, 0.1) is 0 Å². The van der Waals surface area contributed by atoms with Gasteiger partial charge in [-0.1, -0.05) is 0 Å². The number of carbonyl (C=O) groups excluding carboxylic acids is 1. The Balaban J connectivity index is 2.00. The van der Waals surface area contributed by atoms with Crippen LogP contribution in [0, 0.1) is 0 Å². The first kappa shape index (κ1) is 8.30. The maximum atomic E-state index is 10.4. The molecule has 1 aliphatic rings. The van der Waals surface area contributed by atoms with E-state index in [9.17, 15) is 4.79 Å². The van der Waals surface area contributed by atoms with Gasteiger partial charge in [-0.2, -0.15) is 0 Å². The summed E-state index contributed by atoms with van der Waals surface area (Å²) in [6.07, 6.45) is 4.75. The average Bonchev–Trinajstić information content (AvgIpc) is 2.12. The minimum Gasteiger partial charge on any atom is -0.382 e. The van der Waals surface area contributed by atoms with Crippen LogP contribution < -0.4 is 5.32 Å². The quantitative estimate of drug-likeness (QED) is 0.715. The molecule has 1 N–H and O–H groups in total. The zero-order valence-corrected chi connectivity index (χ0v) is 7.49. The summed E-state index contributed by atoms with van der Waals surface area (Å²) in [5.41, 5.74) is 1.86. The van der Waals surface area contributed by atoms with Crippen molar-refractivity contribution in [3.05, 3.63) is 29.8 Å². The van der Waals surface area contributed by atoms with Crippen LogP contribution in [0.15, 0.2) is 24.3 Å². The standard InChI is InChI=1S/C11H13NO/c13-8-9-4-6-11(7-5-9)12-10-2-1-3-10/h4-8,10,12H,1-3H2. The summed E-state index contributed by atoms with van der Waals surface area (Å²) in [5.74, 6) is 0. The van der Waals surface area contributed by atoms with E-state index in [4.69, 9.17) is 0 Å². The number of carbonyl (C=O) groups is 1. The van der Waals surface area contributed by atoms with Gasteiger partial charge in [0.2, 0.25) is 0 Å². The maximum absolute atomic E-state index is 10.4. The maximum Gasteiger partial charge on any atom is 0.150 e. The second kappa shape index (κ2) is 3.60. The fourth-order valence-corrected chi connectivity index (χ4v) is 1.45. The van der Waals surface area contributed by atoms with E-state index < -0.39 is 0 Å². The van der Waals surface area contributed by atoms with Crippen LogP contribution in [0.4, 0.5) is 5.69 Å². The van der Waals surface area contributed by atoms with E-state index in [1.54, 1.807) is 0 Å². The second-order valence-electron chi connectivity index (χ2n) is 3.51. The summed E-state index contributed by atoms with van der Waals surface area (Å²) < 4.78 is 0. The minimum atomic E-state index is 0.655. The van der Waals surface area contributed by atoms with Crippen LogP contribution >= 0.6 is 0 Å². The van der Waals surface area contributed by atoms with Crippen molar-refractivity contribution >= 4 is 12.0 Å². The molecule has 0 bridgehead atoms. The second-order valence-corrected chi connectivity index (χ2v) is 3.51. The Morgan fingerprint density at radius 3 is 2.38 bits per heavy atom. The van der Waals surface area contributed by atoms with Crippen LogP contribution in [0.1, 0.15) is 29.6 Å². The van der Waals surface area contributed by atoms with E-state index in [2.05, 4.69) is 5.32 Å². The third-order valence-electron chi connectivity index (χ3n) is 2.52. The topological polar surface area (TPSA) is 29.1 Å². The lowest BCUT2D eigenvalue weighted by molar-refractivity contribution is 0.112. The lowest BCUT2D eigenvalue weighted by Gasteiger charge is -2.27. The third kappa shape index (κ3) is 1.89. The van der Waals surface area contributed by atoms with Crippen LogP contribution in [-0.2, 0) is 0 Å². The van der Waals surface area contributed by atoms with Gasteiger partial charge >= 0.3 is 0 Å². The molecule has 0 unspecified atom stereocenters. The fourth-order valence-electron chi connectivity index (χ4n) is 1.45. The SMILES string of the molecule is O=Cc1ccc(NC2CCC2)cc1. The van der Waals surface area contributed by atoms with Crippen molar-refractivity contribution in [1.82, 2.24) is 0 Å². The Labute approximate surface area is 78.0 Å². The van der Waals surface area contributed by atoms with Crippen LogP contribution in [0.3, 0.4) is 0 Å². The van der Waals surface area contributed by atoms with E-state index in [0.717, 1.165) is 17.5 Å². The molecule has 0 aliphatic heterocycles. The highest BCUT2D eigenvalue weighted by Gasteiger charge is 2.16. The molecule has 0 spiro atoms. The van der Waals surface area contributed by atoms with Gasteiger partial charge < -0.3 is 5.32 Å². The molecule has 2 rings (SSSR count). The Kier molecular flexibility index (Phi) is 2.30. The largest absolute Gasteiger partial charge is 0.382 e. The Hall–Kier alpha value is -1.31. The highest BCUT2D eigenvalue weighted by atomic mass is 16.1. The highest BCUT2D eigenvalue weighted by molar-refractivity contribution is 5.75. The first-order valence-electron chi connectivity index (χ1n) is 4.70. The van der Waals surface area contributed by atoms with Crippen molar-refractivity contribution in [2.24, 2.45) is 0 Å². The van der Waals surface area contributed by atoms with Crippen LogP contribution in [0.2, 0.25) is 0 Å². The molecule has 1 fully saturated rings. The summed E-state index contributed by atoms with van der Waals surface area (Å²) >= 11 is 0. The van der Waals surface area contributed by atoms with E-state index in [0.29, 0.717) is 6.04 Å². The minimum absolute atomic E-state index is 0.655. The molecule has 13 heavy (non-hydrogen) atoms. The first-order chi connectivity index (χ1) is 6.38. The molecule has 0 atom stereocenters. The molecular weight excluding hydrogens is 162 g/mol. The number of hydrogen-bond acceptors (Lipinski definition) is 2. The molecule has 0 amide bonds. The van der Waals surface area contributed by atoms with Crippen molar-refractivity contribution in [2.45, 2.75) is 25.3 Å². The molecule has 0 heterocycles. The Morgan fingerprint density at radius 1 is 1.23 bits per heavy atom. The van der Waals surface area contributed by atoms with Crippen molar-refractivity contribution < 1.29 is 4.79 Å². The Bertz CT molecular complexity index is 287. The third-order valence-corrected chi connectivity index (χ3v) is 2.52. The van der Waals surface area contributed by atoms with E-state index in [1.165, 1.54) is 19.3 Å². The zero-order chi connectivity index (χ0) is 9.10. The zero-order valence-electron chi connectivity index (χ0n) is 7.49. The van der Waals surface area contributed by atoms with Gasteiger partial charge in [-0.15, -0.1) is 0 Å². The molecule has 1 aliphatic carbocycles. The smallest absolute Gasteiger partial charge is 0.150 e. The Morgan fingerprint density at radius 2 is 1.92 bits per heavy atom. The van der Waals surface area contributed by atoms with Gasteiger partial charge in [-0.05, 0) is 43.5 Å². The lowest BCUT2D eigenvalue weighted by Crippen LogP contribution is -2.26. The van der Waals surface area contributed by atoms with E-state index in [1.807, 2.05) is 24.3 Å². The van der Waals surface area contributed by atoms with Crippen molar-refractivity contribution in [1.29, 1.82) is 0 Å². The highest BCUT2D eigenvalue weighted by Crippen LogP contribution is 2.22. The van der Waals surface area contributed by atoms with Crippen LogP contribution in [0.5, 0.6) is 0 Å². The van der Waals surface area contributed by atoms with Gasteiger partial charge in [0.1, 0.15) is 6.29 Å². The van der Waals surface area contributed by atoms with Gasteiger partial charge in [0.15, 0.2) is 0 Å². The summed E-state index contributed by atoms with van der Waals surface area (Å²) in [5, 5.41) is 3.41. The number of hydrogen-bond donors (Lipinski definition) is 1. The first-order valence-corrected chi connectivity index (χ1v) is 4.70. The summed E-state index contributed by atoms with van der Waals surface area (Å²) in [7, 11) is 0. The number of anilines is 1. The molecule has 1 aromatic carbocycles. The van der Waals surface area contributed by atoms with E-state index in [-0.39, 0.29) is 0 Å². The predicted octanol–water partition coefficient (Wildman–Crippen LogP) is 2.46. The molecule has 1 saturated carbocycles. The summed E-state index contributed by atoms with van der Waals surface area (Å²) in [6, 6.07) is 8.26. The molecule has 2 heteroatoms. The molecular formula is C11H13NO. The summed E-state index contributed by atoms with van der Waals surface area (Å²) in [6.45, 7) is 0. The fraction of sp³-hybridized carbons (Fsp3) is 0.364. The molecule has 0 radical (unpaired) electrons. The summed E-state index contributed by atoms with van der Waals surface area (Å²) in [4.78, 5) is 10.4. The molecule has 68 valence electrons. The number of aldehydes is 1. The van der Waals surface area contributed by atoms with Crippen LogP contribution in [-0.4, -0.2) is 12.3 Å². The van der Waals surface area contributed by atoms with Gasteiger partial charge in [-0.25, -0.2) is 0 Å². The average molecular weight is 175 g/mol. The normalized spacial score (nSPS) is 16.3.